The van der Waals surface area contributed by atoms with Gasteiger partial charge >= 0.3 is 0 Å². The molecule has 3 aliphatic carbocycles. The second-order valence-electron chi connectivity index (χ2n) is 11.5. The Bertz CT molecular complexity index is 1290. The maximum absolute atomic E-state index is 11.1. The van der Waals surface area contributed by atoms with E-state index in [4.69, 9.17) is 9.15 Å². The lowest BCUT2D eigenvalue weighted by Crippen LogP contribution is -2.61. The molecule has 1 saturated heterocycles. The first-order valence-corrected chi connectivity index (χ1v) is 12.5. The molecule has 0 radical (unpaired) electrons. The highest BCUT2D eigenvalue weighted by Crippen LogP contribution is 2.67. The molecule has 1 unspecified atom stereocenters. The van der Waals surface area contributed by atoms with Crippen LogP contribution in [0.15, 0.2) is 58.4 Å². The van der Waals surface area contributed by atoms with Crippen LogP contribution in [0.1, 0.15) is 44.6 Å². The number of aliphatic hydroxyl groups excluding tert-OH is 2. The Morgan fingerprint density at radius 2 is 2.00 bits per heavy atom. The fourth-order valence-corrected chi connectivity index (χ4v) is 7.97. The molecule has 7 rings (SSSR count). The first-order valence-electron chi connectivity index (χ1n) is 12.5. The van der Waals surface area contributed by atoms with E-state index in [1.54, 1.807) is 0 Å². The van der Waals surface area contributed by atoms with Gasteiger partial charge < -0.3 is 24.3 Å². The lowest BCUT2D eigenvalue weighted by Gasteiger charge is -2.55. The Morgan fingerprint density at radius 1 is 1.15 bits per heavy atom. The smallest absolute Gasteiger partial charge is 0.181 e. The molecule has 178 valence electrons. The van der Waals surface area contributed by atoms with E-state index in [0.29, 0.717) is 12.3 Å². The average Bonchev–Trinajstić information content (AvgIpc) is 3.50. The summed E-state index contributed by atoms with van der Waals surface area (Å²) in [7, 11) is 3.95. The van der Waals surface area contributed by atoms with Gasteiger partial charge in [-0.2, -0.15) is 0 Å². The fourth-order valence-electron chi connectivity index (χ4n) is 7.97. The zero-order chi connectivity index (χ0) is 23.5. The zero-order valence-corrected chi connectivity index (χ0v) is 20.0. The van der Waals surface area contributed by atoms with Crippen LogP contribution in [0.5, 0.6) is 0 Å². The quantitative estimate of drug-likeness (QED) is 0.709. The van der Waals surface area contributed by atoms with Gasteiger partial charge in [0, 0.05) is 17.4 Å². The molecule has 6 nitrogen and oxygen atoms in total. The van der Waals surface area contributed by atoms with E-state index in [-0.39, 0.29) is 17.1 Å². The van der Waals surface area contributed by atoms with E-state index in [9.17, 15) is 10.2 Å². The van der Waals surface area contributed by atoms with Gasteiger partial charge in [0.1, 0.15) is 11.6 Å². The number of oxazole rings is 1. The third kappa shape index (κ3) is 2.47. The van der Waals surface area contributed by atoms with Crippen LogP contribution in [0.25, 0.3) is 16.7 Å². The average molecular weight is 461 g/mol. The number of hydrogen-bond donors (Lipinski definition) is 2. The second-order valence-corrected chi connectivity index (χ2v) is 11.5. The van der Waals surface area contributed by atoms with Gasteiger partial charge in [-0.3, -0.25) is 0 Å². The minimum absolute atomic E-state index is 0.0399. The van der Waals surface area contributed by atoms with E-state index in [2.05, 4.69) is 42.3 Å². The number of nitrogens with zero attached hydrogens (tertiary/aromatic N) is 2. The Hall–Kier alpha value is -2.25. The lowest BCUT2D eigenvalue weighted by molar-refractivity contribution is -0.161. The van der Waals surface area contributed by atoms with Crippen molar-refractivity contribution in [2.24, 2.45) is 11.3 Å². The summed E-state index contributed by atoms with van der Waals surface area (Å²) < 4.78 is 12.8. The van der Waals surface area contributed by atoms with E-state index >= 15 is 0 Å². The largest absolute Gasteiger partial charge is 0.443 e. The van der Waals surface area contributed by atoms with Crippen molar-refractivity contribution in [3.8, 4) is 0 Å². The molecule has 1 aromatic heterocycles. The van der Waals surface area contributed by atoms with Crippen LogP contribution in [0, 0.1) is 11.3 Å². The van der Waals surface area contributed by atoms with Crippen LogP contribution in [0.4, 0.5) is 0 Å². The van der Waals surface area contributed by atoms with Crippen LogP contribution in [0.2, 0.25) is 0 Å². The molecule has 1 saturated carbocycles. The van der Waals surface area contributed by atoms with Crippen molar-refractivity contribution in [1.29, 1.82) is 0 Å². The summed E-state index contributed by atoms with van der Waals surface area (Å²) in [5.41, 5.74) is 5.47. The highest BCUT2D eigenvalue weighted by atomic mass is 16.5. The molecule has 5 aliphatic rings. The summed E-state index contributed by atoms with van der Waals surface area (Å²) in [6.45, 7) is 2.39. The van der Waals surface area contributed by atoms with Crippen LogP contribution in [0.3, 0.4) is 0 Å². The molecule has 2 aromatic rings. The minimum Gasteiger partial charge on any atom is -0.443 e. The van der Waals surface area contributed by atoms with Crippen molar-refractivity contribution in [2.45, 2.75) is 68.5 Å². The Labute approximate surface area is 199 Å². The molecule has 1 aromatic carbocycles. The number of aliphatic hydroxyl groups is 2. The number of rotatable bonds is 2. The van der Waals surface area contributed by atoms with Crippen molar-refractivity contribution in [3.63, 3.8) is 0 Å². The first-order chi connectivity index (χ1) is 16.3. The van der Waals surface area contributed by atoms with Gasteiger partial charge in [0.2, 0.25) is 0 Å². The standard InChI is InChI=1S/C28H32N2O4/c1-26-9-8-17-13-19-24(31)25(32)21(30(2)3)14-27(19)10-11-28(17,34-27)23(26)7-5-18(26)16-4-6-20-22(12-16)33-15-29-20/h4-6,8,12-13,15,21,23-25,31-32H,7,9-11,14H2,1-3H3/t21-,23?,24+,25+,26+,27+,28+/m0/s1. The predicted molar refractivity (Wildman–Crippen MR) is 129 cm³/mol. The van der Waals surface area contributed by atoms with Gasteiger partial charge in [-0.05, 0) is 80.6 Å². The van der Waals surface area contributed by atoms with Crippen LogP contribution >= 0.6 is 0 Å². The number of fused-ring (bicyclic) bond motifs is 2. The van der Waals surface area contributed by atoms with Gasteiger partial charge in [0.15, 0.2) is 12.0 Å². The molecule has 3 heterocycles. The zero-order valence-electron chi connectivity index (χ0n) is 20.0. The summed E-state index contributed by atoms with van der Waals surface area (Å²) in [4.78, 5) is 6.30. The molecule has 2 N–H and O–H groups in total. The minimum atomic E-state index is -0.891. The number of aromatic nitrogens is 1. The van der Waals surface area contributed by atoms with E-state index in [0.717, 1.165) is 42.4 Å². The normalized spacial score (nSPS) is 42.7. The van der Waals surface area contributed by atoms with E-state index in [1.807, 2.05) is 25.1 Å². The van der Waals surface area contributed by atoms with Crippen LogP contribution < -0.4 is 0 Å². The SMILES string of the molecule is CN(C)[C@H]1C[C@@]23CC[C@@]4(O2)C(=CC[C@]2(C)C(c5ccc6ncoc6c5)=CCC24)C=C3[C@@H](O)[C@@H]1O. The lowest BCUT2D eigenvalue weighted by atomic mass is 9.58. The van der Waals surface area contributed by atoms with Crippen molar-refractivity contribution < 1.29 is 19.4 Å². The predicted octanol–water partition coefficient (Wildman–Crippen LogP) is 3.85. The highest BCUT2D eigenvalue weighted by molar-refractivity contribution is 5.82. The number of allylic oxidation sites excluding steroid dienone is 3. The van der Waals surface area contributed by atoms with Crippen molar-refractivity contribution in [2.75, 3.05) is 14.1 Å². The van der Waals surface area contributed by atoms with Gasteiger partial charge in [0.05, 0.1) is 17.3 Å². The summed E-state index contributed by atoms with van der Waals surface area (Å²) in [5, 5.41) is 22.0. The third-order valence-electron chi connectivity index (χ3n) is 9.74. The Balaban J connectivity index is 1.30. The Kier molecular flexibility index (Phi) is 4.15. The van der Waals surface area contributed by atoms with Crippen molar-refractivity contribution in [1.82, 2.24) is 9.88 Å². The van der Waals surface area contributed by atoms with Crippen molar-refractivity contribution in [3.05, 3.63) is 59.5 Å². The maximum atomic E-state index is 11.1. The van der Waals surface area contributed by atoms with Gasteiger partial charge in [-0.1, -0.05) is 31.2 Å². The molecule has 2 fully saturated rings. The molecular weight excluding hydrogens is 428 g/mol. The molecule has 7 atom stereocenters. The van der Waals surface area contributed by atoms with Gasteiger partial charge in [-0.25, -0.2) is 4.98 Å². The summed E-state index contributed by atoms with van der Waals surface area (Å²) in [5.74, 6) is 0.333. The fraction of sp³-hybridized carbons (Fsp3) is 0.536. The number of likely N-dealkylation sites (N-methyl/N-ethyl adjacent to an activating group) is 1. The topological polar surface area (TPSA) is 79.0 Å². The second kappa shape index (κ2) is 6.70. The highest BCUT2D eigenvalue weighted by Gasteiger charge is 2.67. The summed E-state index contributed by atoms with van der Waals surface area (Å²) in [6, 6.07) is 6.20. The number of hydrogen-bond acceptors (Lipinski definition) is 6. The molecule has 2 bridgehead atoms. The van der Waals surface area contributed by atoms with E-state index < -0.39 is 17.8 Å². The first kappa shape index (κ1) is 21.1. The molecule has 34 heavy (non-hydrogen) atoms. The summed E-state index contributed by atoms with van der Waals surface area (Å²) in [6.07, 6.45) is 11.2. The number of ether oxygens (including phenoxy) is 1. The summed E-state index contributed by atoms with van der Waals surface area (Å²) >= 11 is 0. The van der Waals surface area contributed by atoms with E-state index in [1.165, 1.54) is 23.1 Å². The van der Waals surface area contributed by atoms with Gasteiger partial charge in [0.25, 0.3) is 0 Å². The third-order valence-corrected chi connectivity index (χ3v) is 9.74. The monoisotopic (exact) mass is 460 g/mol. The molecule has 2 aliphatic heterocycles. The maximum Gasteiger partial charge on any atom is 0.181 e. The van der Waals surface area contributed by atoms with Crippen LogP contribution in [-0.2, 0) is 4.74 Å². The number of benzene rings is 1. The van der Waals surface area contributed by atoms with Crippen molar-refractivity contribution >= 4 is 16.7 Å². The molecule has 6 heteroatoms. The molecule has 2 spiro atoms. The molecular formula is C28H32N2O4. The molecule has 0 amide bonds. The Morgan fingerprint density at radius 3 is 2.82 bits per heavy atom. The van der Waals surface area contributed by atoms with Gasteiger partial charge in [-0.15, -0.1) is 0 Å². The van der Waals surface area contributed by atoms with Crippen LogP contribution in [-0.4, -0.2) is 63.6 Å².